The van der Waals surface area contributed by atoms with Gasteiger partial charge in [0, 0.05) is 22.5 Å². The minimum Gasteiger partial charge on any atom is -0.210 e. The molecule has 88 valence electrons. The van der Waals surface area contributed by atoms with Crippen LogP contribution in [0.3, 0.4) is 0 Å². The zero-order valence-electron chi connectivity index (χ0n) is 8.13. The fraction of sp³-hybridized carbons (Fsp3) is 0.429. The number of nitrogens with one attached hydrogen (secondary N) is 1. The Hall–Kier alpha value is -0.600. The molecule has 1 aromatic heterocycles. The summed E-state index contributed by atoms with van der Waals surface area (Å²) >= 11 is 4.31. The lowest BCUT2D eigenvalue weighted by Gasteiger charge is -2.03. The van der Waals surface area contributed by atoms with Gasteiger partial charge in [-0.25, -0.2) is 13.1 Å². The second kappa shape index (κ2) is 6.21. The van der Waals surface area contributed by atoms with E-state index >= 15 is 0 Å². The van der Waals surface area contributed by atoms with Gasteiger partial charge in [-0.15, -0.1) is 11.3 Å². The third kappa shape index (κ3) is 3.76. The fourth-order valence-electron chi connectivity index (χ4n) is 0.938. The molecule has 1 rings (SSSR count). The van der Waals surface area contributed by atoms with Crippen molar-refractivity contribution in [2.45, 2.75) is 10.6 Å². The minimum absolute atomic E-state index is 0.256. The average Bonchev–Trinajstić information content (AvgIpc) is 2.65. The molecule has 1 heterocycles. The van der Waals surface area contributed by atoms with Crippen molar-refractivity contribution in [2.24, 2.45) is 5.11 Å². The first-order valence-corrected chi connectivity index (χ1v) is 7.47. The van der Waals surface area contributed by atoms with E-state index in [1.165, 1.54) is 0 Å². The van der Waals surface area contributed by atoms with Gasteiger partial charge in [-0.1, -0.05) is 5.11 Å². The molecule has 0 aliphatic rings. The summed E-state index contributed by atoms with van der Waals surface area (Å²) in [7, 11) is -3.45. The molecule has 9 heteroatoms. The van der Waals surface area contributed by atoms with E-state index in [1.807, 2.05) is 0 Å². The number of nitrogens with zero attached hydrogens (tertiary/aromatic N) is 3. The van der Waals surface area contributed by atoms with E-state index < -0.39 is 10.0 Å². The Morgan fingerprint density at radius 3 is 2.94 bits per heavy atom. The van der Waals surface area contributed by atoms with Crippen molar-refractivity contribution in [3.63, 3.8) is 0 Å². The molecular formula is C7H9BrN4O2S2. The van der Waals surface area contributed by atoms with Crippen LogP contribution >= 0.6 is 27.3 Å². The highest BCUT2D eigenvalue weighted by atomic mass is 79.9. The van der Waals surface area contributed by atoms with Crippen LogP contribution in [-0.2, 0) is 10.0 Å². The maximum Gasteiger partial charge on any atom is 0.251 e. The highest BCUT2D eigenvalue weighted by Crippen LogP contribution is 2.27. The van der Waals surface area contributed by atoms with E-state index in [2.05, 4.69) is 30.7 Å². The molecule has 0 spiro atoms. The van der Waals surface area contributed by atoms with Gasteiger partial charge < -0.3 is 0 Å². The van der Waals surface area contributed by atoms with Crippen LogP contribution in [0.1, 0.15) is 6.42 Å². The molecular weight excluding hydrogens is 316 g/mol. The molecule has 1 N–H and O–H groups in total. The van der Waals surface area contributed by atoms with Crippen molar-refractivity contribution in [1.29, 1.82) is 0 Å². The number of sulfonamides is 1. The molecule has 6 nitrogen and oxygen atoms in total. The van der Waals surface area contributed by atoms with Crippen LogP contribution in [0.15, 0.2) is 25.2 Å². The number of hydrogen-bond donors (Lipinski definition) is 1. The van der Waals surface area contributed by atoms with E-state index in [0.29, 0.717) is 10.9 Å². The molecule has 1 aromatic rings. The first-order chi connectivity index (χ1) is 7.58. The van der Waals surface area contributed by atoms with E-state index in [9.17, 15) is 8.42 Å². The number of rotatable bonds is 6. The van der Waals surface area contributed by atoms with Gasteiger partial charge in [-0.3, -0.25) is 0 Å². The predicted molar refractivity (Wildman–Crippen MR) is 65.8 cm³/mol. The SMILES string of the molecule is [N-]=[N+]=NCCCNS(=O)(=O)c1sccc1Br. The van der Waals surface area contributed by atoms with Crippen LogP contribution in [0, 0.1) is 0 Å². The van der Waals surface area contributed by atoms with Crippen LogP contribution in [0.2, 0.25) is 0 Å². The molecule has 0 radical (unpaired) electrons. The van der Waals surface area contributed by atoms with E-state index in [4.69, 9.17) is 5.53 Å². The van der Waals surface area contributed by atoms with Crippen molar-refractivity contribution < 1.29 is 8.42 Å². The fourth-order valence-corrected chi connectivity index (χ4v) is 4.39. The Labute approximate surface area is 105 Å². The quantitative estimate of drug-likeness (QED) is 0.376. The lowest BCUT2D eigenvalue weighted by Crippen LogP contribution is -2.24. The third-order valence-corrected chi connectivity index (χ3v) is 5.75. The summed E-state index contributed by atoms with van der Waals surface area (Å²) in [6, 6.07) is 1.68. The van der Waals surface area contributed by atoms with Crippen LogP contribution < -0.4 is 4.72 Å². The van der Waals surface area contributed by atoms with Crippen molar-refractivity contribution >= 4 is 37.3 Å². The van der Waals surface area contributed by atoms with Crippen LogP contribution in [0.25, 0.3) is 10.4 Å². The van der Waals surface area contributed by atoms with Crippen molar-refractivity contribution in [3.05, 3.63) is 26.4 Å². The van der Waals surface area contributed by atoms with Gasteiger partial charge in [0.15, 0.2) is 0 Å². The summed E-state index contributed by atoms with van der Waals surface area (Å²) in [6.45, 7) is 0.538. The van der Waals surface area contributed by atoms with Crippen LogP contribution in [0.4, 0.5) is 0 Å². The van der Waals surface area contributed by atoms with Crippen LogP contribution in [0.5, 0.6) is 0 Å². The Morgan fingerprint density at radius 1 is 1.62 bits per heavy atom. The summed E-state index contributed by atoms with van der Waals surface area (Å²) in [5, 5.41) is 5.00. The molecule has 0 saturated carbocycles. The van der Waals surface area contributed by atoms with Crippen molar-refractivity contribution in [2.75, 3.05) is 13.1 Å². The summed E-state index contributed by atoms with van der Waals surface area (Å²) in [4.78, 5) is 2.58. The highest BCUT2D eigenvalue weighted by Gasteiger charge is 2.17. The zero-order chi connectivity index (χ0) is 12.0. The predicted octanol–water partition coefficient (Wildman–Crippen LogP) is 2.49. The Morgan fingerprint density at radius 2 is 2.38 bits per heavy atom. The molecule has 0 bridgehead atoms. The molecule has 0 aliphatic heterocycles. The number of thiophene rings is 1. The number of hydrogen-bond acceptors (Lipinski definition) is 4. The minimum atomic E-state index is -3.45. The average molecular weight is 325 g/mol. The largest absolute Gasteiger partial charge is 0.251 e. The van der Waals surface area contributed by atoms with Crippen LogP contribution in [-0.4, -0.2) is 21.5 Å². The number of azide groups is 1. The molecule has 16 heavy (non-hydrogen) atoms. The Bertz CT molecular complexity index is 492. The second-order valence-electron chi connectivity index (χ2n) is 2.76. The van der Waals surface area contributed by atoms with Gasteiger partial charge in [0.25, 0.3) is 10.0 Å². The summed E-state index contributed by atoms with van der Waals surface area (Å²) in [5.41, 5.74) is 8.03. The highest BCUT2D eigenvalue weighted by molar-refractivity contribution is 9.10. The van der Waals surface area contributed by atoms with Crippen molar-refractivity contribution in [3.8, 4) is 0 Å². The Balaban J connectivity index is 2.54. The molecule has 0 aromatic carbocycles. The summed E-state index contributed by atoms with van der Waals surface area (Å²) in [6.07, 6.45) is 0.478. The van der Waals surface area contributed by atoms with Gasteiger partial charge in [-0.05, 0) is 39.3 Å². The second-order valence-corrected chi connectivity index (χ2v) is 6.49. The van der Waals surface area contributed by atoms with E-state index in [0.717, 1.165) is 11.3 Å². The number of halogens is 1. The van der Waals surface area contributed by atoms with Crippen molar-refractivity contribution in [1.82, 2.24) is 4.72 Å². The molecule has 0 atom stereocenters. The van der Waals surface area contributed by atoms with Gasteiger partial charge in [0.2, 0.25) is 0 Å². The lowest BCUT2D eigenvalue weighted by molar-refractivity contribution is 0.581. The first kappa shape index (κ1) is 13.5. The van der Waals surface area contributed by atoms with Gasteiger partial charge in [0.05, 0.1) is 0 Å². The molecule has 0 saturated heterocycles. The summed E-state index contributed by atoms with van der Waals surface area (Å²) in [5.74, 6) is 0. The normalized spacial score (nSPS) is 11.1. The van der Waals surface area contributed by atoms with E-state index in [1.54, 1.807) is 11.4 Å². The molecule has 0 amide bonds. The third-order valence-electron chi connectivity index (χ3n) is 1.62. The smallest absolute Gasteiger partial charge is 0.210 e. The monoisotopic (exact) mass is 324 g/mol. The molecule has 0 fully saturated rings. The molecule has 0 aliphatic carbocycles. The maximum absolute atomic E-state index is 11.7. The van der Waals surface area contributed by atoms with Gasteiger partial charge in [0.1, 0.15) is 4.21 Å². The van der Waals surface area contributed by atoms with Gasteiger partial charge in [-0.2, -0.15) is 0 Å². The lowest BCUT2D eigenvalue weighted by atomic mass is 10.4. The van der Waals surface area contributed by atoms with E-state index in [-0.39, 0.29) is 17.3 Å². The standard InChI is InChI=1S/C7H9BrN4O2S2/c8-6-2-5-15-7(6)16(13,14)11-4-1-3-10-12-9/h2,5,11H,1,3-4H2. The maximum atomic E-state index is 11.7. The topological polar surface area (TPSA) is 94.9 Å². The zero-order valence-corrected chi connectivity index (χ0v) is 11.3. The van der Waals surface area contributed by atoms with Gasteiger partial charge >= 0.3 is 0 Å². The molecule has 0 unspecified atom stereocenters. The summed E-state index contributed by atoms with van der Waals surface area (Å²) < 4.78 is 26.7. The first-order valence-electron chi connectivity index (χ1n) is 4.31. The Kier molecular flexibility index (Phi) is 5.23.